The number of ether oxygens (including phenoxy) is 2. The smallest absolute Gasteiger partial charge is 0.550 e. The molecular formula is C21H36NaO6S. The molecule has 2 atom stereocenters. The van der Waals surface area contributed by atoms with Crippen LogP contribution < -0.4 is 34.7 Å². The van der Waals surface area contributed by atoms with E-state index >= 15 is 0 Å². The van der Waals surface area contributed by atoms with Crippen molar-refractivity contribution in [3.8, 4) is 0 Å². The number of rotatable bonds is 18. The van der Waals surface area contributed by atoms with E-state index in [4.69, 9.17) is 9.47 Å². The Labute approximate surface area is 202 Å². The molecule has 29 heavy (non-hydrogen) atoms. The summed E-state index contributed by atoms with van der Waals surface area (Å²) in [5.41, 5.74) is 0. The Kier molecular flexibility index (Phi) is 22.4. The first-order chi connectivity index (χ1) is 13.5. The second-order valence-corrected chi connectivity index (χ2v) is 8.01. The maximum absolute atomic E-state index is 12.1. The van der Waals surface area contributed by atoms with E-state index in [1.807, 2.05) is 0 Å². The Balaban J connectivity index is 0. The summed E-state index contributed by atoms with van der Waals surface area (Å²) in [5, 5.41) is 10.0. The van der Waals surface area contributed by atoms with Gasteiger partial charge in [0, 0.05) is 12.4 Å². The van der Waals surface area contributed by atoms with E-state index in [0.29, 0.717) is 12.2 Å². The first-order valence-electron chi connectivity index (χ1n) is 10.4. The number of carbonyl (C=O) groups is 3. The van der Waals surface area contributed by atoms with Crippen molar-refractivity contribution in [2.75, 3.05) is 19.5 Å². The molecule has 0 aromatic rings. The maximum atomic E-state index is 12.1. The van der Waals surface area contributed by atoms with Gasteiger partial charge in [-0.3, -0.25) is 9.59 Å². The fraction of sp³-hybridized carbons (Fsp3) is 0.810. The molecule has 0 aliphatic heterocycles. The van der Waals surface area contributed by atoms with Gasteiger partial charge in [0.1, 0.15) is 5.25 Å². The van der Waals surface area contributed by atoms with Crippen molar-refractivity contribution in [1.29, 1.82) is 0 Å². The van der Waals surface area contributed by atoms with Crippen molar-refractivity contribution in [2.24, 2.45) is 5.92 Å². The third-order valence-electron chi connectivity index (χ3n) is 4.43. The van der Waals surface area contributed by atoms with Crippen LogP contribution in [-0.4, -0.2) is 42.6 Å². The molecule has 0 bridgehead atoms. The van der Waals surface area contributed by atoms with Gasteiger partial charge in [-0.25, -0.2) is 0 Å². The Morgan fingerprint density at radius 1 is 0.897 bits per heavy atom. The molecule has 0 amide bonds. The zero-order chi connectivity index (χ0) is 21.2. The third kappa shape index (κ3) is 16.2. The van der Waals surface area contributed by atoms with Crippen LogP contribution in [0.15, 0.2) is 0 Å². The Morgan fingerprint density at radius 3 is 1.86 bits per heavy atom. The van der Waals surface area contributed by atoms with Crippen molar-refractivity contribution >= 4 is 29.7 Å². The molecule has 0 saturated carbocycles. The Morgan fingerprint density at radius 2 is 1.41 bits per heavy atom. The van der Waals surface area contributed by atoms with Crippen LogP contribution >= 0.6 is 11.8 Å². The average Bonchev–Trinajstić information content (AvgIpc) is 2.67. The molecular weight excluding hydrogens is 403 g/mol. The molecule has 0 aliphatic rings. The molecule has 0 N–H and O–H groups in total. The summed E-state index contributed by atoms with van der Waals surface area (Å²) < 4.78 is 9.66. The van der Waals surface area contributed by atoms with Crippen molar-refractivity contribution in [3.05, 3.63) is 6.42 Å². The van der Waals surface area contributed by atoms with Crippen molar-refractivity contribution in [2.45, 2.75) is 83.3 Å². The molecule has 0 aromatic heterocycles. The van der Waals surface area contributed by atoms with Gasteiger partial charge < -0.3 is 19.4 Å². The van der Waals surface area contributed by atoms with Crippen LogP contribution in [-0.2, 0) is 23.9 Å². The minimum absolute atomic E-state index is 0. The fourth-order valence-corrected chi connectivity index (χ4v) is 4.15. The summed E-state index contributed by atoms with van der Waals surface area (Å²) in [6.45, 7) is 3.94. The summed E-state index contributed by atoms with van der Waals surface area (Å²) >= 11 is 1.24. The SMILES string of the molecule is CCCCCCCCCCCCSC(C(=O)OC)C([CH]C(=O)[O-])C(=O)OCC.[Na+]. The van der Waals surface area contributed by atoms with E-state index in [1.165, 1.54) is 63.8 Å². The number of hydrogen-bond donors (Lipinski definition) is 0. The Bertz CT molecular complexity index is 447. The number of carboxylic acid groups (broad SMARTS) is 1. The largest absolute Gasteiger partial charge is 1.00 e. The number of thioether (sulfide) groups is 1. The molecule has 2 unspecified atom stereocenters. The molecule has 0 fully saturated rings. The van der Waals surface area contributed by atoms with Gasteiger partial charge in [0.15, 0.2) is 0 Å². The minimum atomic E-state index is -1.51. The summed E-state index contributed by atoms with van der Waals surface area (Å²) in [4.78, 5) is 35.1. The fourth-order valence-electron chi connectivity index (χ4n) is 2.90. The van der Waals surface area contributed by atoms with Crippen LogP contribution in [0.1, 0.15) is 78.1 Å². The molecule has 0 aromatic carbocycles. The van der Waals surface area contributed by atoms with E-state index < -0.39 is 29.1 Å². The maximum Gasteiger partial charge on any atom is 1.00 e. The van der Waals surface area contributed by atoms with Crippen LogP contribution in [0, 0.1) is 12.3 Å². The number of carbonyl (C=O) groups excluding carboxylic acids is 3. The third-order valence-corrected chi connectivity index (χ3v) is 5.80. The number of hydrogen-bond acceptors (Lipinski definition) is 7. The van der Waals surface area contributed by atoms with E-state index in [9.17, 15) is 19.5 Å². The van der Waals surface area contributed by atoms with Crippen LogP contribution in [0.4, 0.5) is 0 Å². The van der Waals surface area contributed by atoms with Gasteiger partial charge in [-0.05, 0) is 19.1 Å². The molecule has 6 nitrogen and oxygen atoms in total. The molecule has 1 radical (unpaired) electrons. The number of esters is 2. The molecule has 163 valence electrons. The molecule has 0 saturated heterocycles. The second kappa shape index (κ2) is 21.0. The van der Waals surface area contributed by atoms with E-state index in [2.05, 4.69) is 6.92 Å². The van der Waals surface area contributed by atoms with Gasteiger partial charge in [0.2, 0.25) is 0 Å². The van der Waals surface area contributed by atoms with Crippen LogP contribution in [0.25, 0.3) is 0 Å². The molecule has 0 aliphatic carbocycles. The molecule has 0 rings (SSSR count). The molecule has 8 heteroatoms. The van der Waals surface area contributed by atoms with E-state index in [-0.39, 0.29) is 36.2 Å². The van der Waals surface area contributed by atoms with Gasteiger partial charge in [-0.2, -0.15) is 0 Å². The van der Waals surface area contributed by atoms with E-state index in [1.54, 1.807) is 6.92 Å². The normalized spacial score (nSPS) is 12.5. The van der Waals surface area contributed by atoms with Crippen molar-refractivity contribution in [3.63, 3.8) is 0 Å². The summed E-state index contributed by atoms with van der Waals surface area (Å²) in [7, 11) is 1.22. The zero-order valence-electron chi connectivity index (χ0n) is 18.6. The van der Waals surface area contributed by atoms with Crippen LogP contribution in [0.5, 0.6) is 0 Å². The van der Waals surface area contributed by atoms with E-state index in [0.717, 1.165) is 19.3 Å². The van der Waals surface area contributed by atoms with Crippen molar-refractivity contribution in [1.82, 2.24) is 0 Å². The molecule has 0 spiro atoms. The van der Waals surface area contributed by atoms with Gasteiger partial charge in [-0.1, -0.05) is 64.7 Å². The van der Waals surface area contributed by atoms with Gasteiger partial charge >= 0.3 is 41.5 Å². The number of unbranched alkanes of at least 4 members (excludes halogenated alkanes) is 9. The minimum Gasteiger partial charge on any atom is -0.550 e. The predicted molar refractivity (Wildman–Crippen MR) is 110 cm³/mol. The molecule has 0 heterocycles. The first-order valence-corrected chi connectivity index (χ1v) is 11.4. The standard InChI is InChI=1S/C21H37O6S.Na/c1-4-6-7-8-9-10-11-12-13-14-15-28-19(21(25)26-3)17(16-18(22)23)20(24)27-5-2;/h16-17,19H,4-15H2,1-3H3,(H,22,23);/q;+1/p-1. The summed E-state index contributed by atoms with van der Waals surface area (Å²) in [5.74, 6) is -3.46. The topological polar surface area (TPSA) is 92.7 Å². The first kappa shape index (κ1) is 30.9. The number of methoxy groups -OCH3 is 1. The predicted octanol–water partition coefficient (Wildman–Crippen LogP) is 0.320. The second-order valence-electron chi connectivity index (χ2n) is 6.76. The summed E-state index contributed by atoms with van der Waals surface area (Å²) in [6.07, 6.45) is 12.8. The monoisotopic (exact) mass is 439 g/mol. The van der Waals surface area contributed by atoms with Crippen LogP contribution in [0.2, 0.25) is 0 Å². The zero-order valence-corrected chi connectivity index (χ0v) is 21.4. The quantitative estimate of drug-likeness (QED) is 0.172. The average molecular weight is 440 g/mol. The van der Waals surface area contributed by atoms with Gasteiger partial charge in [0.05, 0.1) is 19.6 Å². The van der Waals surface area contributed by atoms with Crippen LogP contribution in [0.3, 0.4) is 0 Å². The Hall–Kier alpha value is -0.240. The number of aliphatic carboxylic acids is 1. The van der Waals surface area contributed by atoms with Crippen molar-refractivity contribution < 1.29 is 58.5 Å². The number of carboxylic acids is 1. The summed E-state index contributed by atoms with van der Waals surface area (Å²) in [6, 6.07) is 0. The van der Waals surface area contributed by atoms with Gasteiger partial charge in [0.25, 0.3) is 0 Å². The van der Waals surface area contributed by atoms with Gasteiger partial charge in [-0.15, -0.1) is 11.8 Å².